The Morgan fingerprint density at radius 2 is 1.41 bits per heavy atom. The molecule has 10 rings (SSSR count). The molecule has 0 N–H and O–H groups in total. The van der Waals surface area contributed by atoms with Crippen LogP contribution in [0.4, 0.5) is 4.39 Å². The number of fused-ring (bicyclic) bond motifs is 4. The van der Waals surface area contributed by atoms with Crippen LogP contribution in [0.15, 0.2) is 156 Å². The van der Waals surface area contributed by atoms with Crippen LogP contribution in [0.1, 0.15) is 56.2 Å². The first kappa shape index (κ1) is 45.7. The molecule has 0 fully saturated rings. The number of nitriles is 1. The summed E-state index contributed by atoms with van der Waals surface area (Å²) in [6.07, 6.45) is 1.93. The first-order valence-electron chi connectivity index (χ1n) is 22.0. The third-order valence-electron chi connectivity index (χ3n) is 11.8. The Morgan fingerprint density at radius 3 is 2.08 bits per heavy atom. The van der Waals surface area contributed by atoms with E-state index < -0.39 is 8.07 Å². The molecule has 0 unspecified atom stereocenters. The van der Waals surface area contributed by atoms with E-state index in [1.54, 1.807) is 12.1 Å². The third-order valence-corrected chi connectivity index (χ3v) is 13.8. The predicted molar refractivity (Wildman–Crippen MR) is 266 cm³/mol. The minimum absolute atomic E-state index is 0. The van der Waals surface area contributed by atoms with Gasteiger partial charge in [-0.3, -0.25) is 9.37 Å². The number of hydrogen-bond donors (Lipinski definition) is 0. The van der Waals surface area contributed by atoms with E-state index in [0.29, 0.717) is 16.9 Å². The van der Waals surface area contributed by atoms with Gasteiger partial charge in [0.05, 0.1) is 47.8 Å². The van der Waals surface area contributed by atoms with E-state index in [2.05, 4.69) is 142 Å². The van der Waals surface area contributed by atoms with Crippen molar-refractivity contribution >= 4 is 46.4 Å². The number of furan rings is 1. The molecule has 0 amide bonds. The van der Waals surface area contributed by atoms with Gasteiger partial charge in [0.1, 0.15) is 0 Å². The van der Waals surface area contributed by atoms with Crippen molar-refractivity contribution in [3.05, 3.63) is 186 Å². The molecule has 0 saturated heterocycles. The summed E-state index contributed by atoms with van der Waals surface area (Å²) in [5, 5.41) is 12.6. The van der Waals surface area contributed by atoms with Crippen molar-refractivity contribution in [2.45, 2.75) is 59.2 Å². The molecule has 66 heavy (non-hydrogen) atoms. The molecule has 0 atom stereocenters. The van der Waals surface area contributed by atoms with Gasteiger partial charge in [-0.1, -0.05) is 125 Å². The quantitative estimate of drug-likeness (QED) is 0.112. The molecule has 9 heteroatoms. The maximum Gasteiger partial charge on any atom is 0.216 e. The zero-order chi connectivity index (χ0) is 45.4. The maximum atomic E-state index is 12.8. The molecule has 6 aromatic carbocycles. The fourth-order valence-electron chi connectivity index (χ4n) is 8.30. The van der Waals surface area contributed by atoms with Crippen LogP contribution in [-0.2, 0) is 20.1 Å². The van der Waals surface area contributed by atoms with Crippen LogP contribution in [0.25, 0.3) is 83.8 Å². The zero-order valence-corrected chi connectivity index (χ0v) is 41.3. The fraction of sp³-hybridized carbons (Fsp3) is 0.158. The molecule has 0 saturated carbocycles. The van der Waals surface area contributed by atoms with Crippen LogP contribution in [-0.4, -0.2) is 27.6 Å². The Kier molecular flexibility index (Phi) is 13.1. The van der Waals surface area contributed by atoms with E-state index in [-0.39, 0.29) is 37.8 Å². The smallest absolute Gasteiger partial charge is 0.216 e. The van der Waals surface area contributed by atoms with Gasteiger partial charge < -0.3 is 14.0 Å². The van der Waals surface area contributed by atoms with Crippen LogP contribution >= 0.6 is 0 Å². The summed E-state index contributed by atoms with van der Waals surface area (Å²) >= 11 is 0. The normalized spacial score (nSPS) is 11.5. The van der Waals surface area contributed by atoms with Crippen LogP contribution < -0.4 is 5.19 Å². The summed E-state index contributed by atoms with van der Waals surface area (Å²) in [6.45, 7) is 15.9. The Bertz CT molecular complexity index is 3350. The van der Waals surface area contributed by atoms with Gasteiger partial charge in [0, 0.05) is 48.8 Å². The van der Waals surface area contributed by atoms with E-state index in [0.717, 1.165) is 61.4 Å². The molecule has 0 aliphatic rings. The second-order valence-electron chi connectivity index (χ2n) is 18.0. The molecule has 0 aliphatic heterocycles. The second kappa shape index (κ2) is 19.0. The first-order valence-corrected chi connectivity index (χ1v) is 25.5. The number of para-hydroxylation sites is 2. The second-order valence-corrected chi connectivity index (χ2v) is 23.1. The molecule has 6 nitrogen and oxygen atoms in total. The summed E-state index contributed by atoms with van der Waals surface area (Å²) < 4.78 is 21.7. The van der Waals surface area contributed by atoms with Crippen molar-refractivity contribution in [2.75, 3.05) is 0 Å². The Balaban J connectivity index is 0.000000278. The zero-order valence-electron chi connectivity index (χ0n) is 37.9. The van der Waals surface area contributed by atoms with Gasteiger partial charge in [0.2, 0.25) is 5.71 Å². The molecular formula is C57H48FIrN5OSi-2. The molecule has 0 spiro atoms. The largest absolute Gasteiger partial charge is 0.486 e. The van der Waals surface area contributed by atoms with E-state index in [1.807, 2.05) is 60.8 Å². The summed E-state index contributed by atoms with van der Waals surface area (Å²) in [6, 6.07) is 56.3. The number of pyridine rings is 2. The van der Waals surface area contributed by atoms with Gasteiger partial charge in [-0.05, 0) is 93.5 Å². The van der Waals surface area contributed by atoms with E-state index >= 15 is 0 Å². The summed E-state index contributed by atoms with van der Waals surface area (Å²) in [4.78, 5) is 14.6. The van der Waals surface area contributed by atoms with Gasteiger partial charge >= 0.3 is 0 Å². The van der Waals surface area contributed by atoms with Crippen LogP contribution in [0.3, 0.4) is 0 Å². The standard InChI is InChI=1S/C43H33N4O.C14H15FNSi.Ir/c1-26(2)35-23-31(29-13-6-5-7-14-29)24-36(27(3)4)40(35)47-39-19-9-8-18-38(39)45-42(47)34-17-11-16-32-33-20-21-37(46-43(33)48-41(32)34)30-15-10-12-28(22-30)25-44;1-17(2,3)13-8-9-14(16-10-13)11-4-6-12(15)7-5-11;/h5-16,18-24,26-27H,1-4H3;4,6-10H,1-3H3;/q2*-1;. The van der Waals surface area contributed by atoms with Crippen LogP contribution in [0.2, 0.25) is 19.6 Å². The van der Waals surface area contributed by atoms with E-state index in [9.17, 15) is 9.65 Å². The number of hydrogen-bond acceptors (Lipinski definition) is 5. The molecule has 0 aliphatic carbocycles. The van der Waals surface area contributed by atoms with Crippen molar-refractivity contribution in [3.63, 3.8) is 0 Å². The Labute approximate surface area is 400 Å². The minimum Gasteiger partial charge on any atom is -0.486 e. The van der Waals surface area contributed by atoms with E-state index in [1.165, 1.54) is 39.6 Å². The predicted octanol–water partition coefficient (Wildman–Crippen LogP) is 14.5. The number of rotatable bonds is 8. The third kappa shape index (κ3) is 9.05. The number of halogens is 1. The fourth-order valence-corrected chi connectivity index (χ4v) is 9.33. The van der Waals surface area contributed by atoms with Gasteiger partial charge in [-0.2, -0.15) is 5.26 Å². The van der Waals surface area contributed by atoms with Gasteiger partial charge in [0.25, 0.3) is 0 Å². The van der Waals surface area contributed by atoms with E-state index in [4.69, 9.17) is 14.4 Å². The van der Waals surface area contributed by atoms with Gasteiger partial charge in [-0.25, -0.2) is 4.98 Å². The van der Waals surface area contributed by atoms with Crippen molar-refractivity contribution < 1.29 is 28.9 Å². The Hall–Kier alpha value is -6.82. The van der Waals surface area contributed by atoms with Crippen molar-refractivity contribution in [1.29, 1.82) is 5.26 Å². The van der Waals surface area contributed by atoms with Crippen molar-refractivity contribution in [2.24, 2.45) is 0 Å². The first-order chi connectivity index (χ1) is 31.4. The van der Waals surface area contributed by atoms with Crippen molar-refractivity contribution in [3.8, 4) is 56.8 Å². The molecule has 4 heterocycles. The SMILES string of the molecule is CC(C)c1cc(-c2ccccc2)cc(C(C)C)c1-n1c(-c2[c-]ccc3c2oc2nc(-c4cccc(C#N)c4)ccc23)nc2ccccc21.C[Si](C)(C)c1ccc(-c2[c-]cc(F)cc2)nc1.[Ir]. The molecule has 329 valence electrons. The van der Waals surface area contributed by atoms with Gasteiger partial charge in [0.15, 0.2) is 0 Å². The molecular weight excluding hydrogens is 1010 g/mol. The van der Waals surface area contributed by atoms with Crippen LogP contribution in [0, 0.1) is 29.3 Å². The number of aromatic nitrogens is 4. The number of imidazole rings is 1. The van der Waals surface area contributed by atoms with Crippen molar-refractivity contribution in [1.82, 2.24) is 19.5 Å². The molecule has 1 radical (unpaired) electrons. The summed E-state index contributed by atoms with van der Waals surface area (Å²) in [7, 11) is -1.30. The minimum atomic E-state index is -1.30. The average Bonchev–Trinajstić information content (AvgIpc) is 3.90. The number of nitrogens with zero attached hydrogens (tertiary/aromatic N) is 5. The summed E-state index contributed by atoms with van der Waals surface area (Å²) in [5.74, 6) is 1.01. The molecule has 0 bridgehead atoms. The van der Waals surface area contributed by atoms with Gasteiger partial charge in [-0.15, -0.1) is 48.0 Å². The maximum absolute atomic E-state index is 12.8. The Morgan fingerprint density at radius 1 is 0.697 bits per heavy atom. The monoisotopic (exact) mass is 1060 g/mol. The summed E-state index contributed by atoms with van der Waals surface area (Å²) in [5.41, 5.74) is 13.9. The molecule has 4 aromatic heterocycles. The number of benzene rings is 6. The topological polar surface area (TPSA) is 80.5 Å². The van der Waals surface area contributed by atoms with Crippen LogP contribution in [0.5, 0.6) is 0 Å². The molecule has 10 aromatic rings. The average molecular weight is 1060 g/mol.